The lowest BCUT2D eigenvalue weighted by Crippen LogP contribution is -2.30. The van der Waals surface area contributed by atoms with Crippen LogP contribution in [0, 0.1) is 0 Å². The van der Waals surface area contributed by atoms with E-state index in [1.165, 1.54) is 10.5 Å². The normalized spacial score (nSPS) is 15.9. The van der Waals surface area contributed by atoms with Gasteiger partial charge < -0.3 is 10.1 Å². The Bertz CT molecular complexity index is 368. The van der Waals surface area contributed by atoms with Crippen LogP contribution in [0.3, 0.4) is 0 Å². The molecule has 0 saturated carbocycles. The molecule has 2 rings (SSSR count). The molecule has 1 aromatic carbocycles. The van der Waals surface area contributed by atoms with Gasteiger partial charge in [0.2, 0.25) is 0 Å². The molecule has 4 heteroatoms. The second-order valence-electron chi connectivity index (χ2n) is 4.22. The van der Waals surface area contributed by atoms with Crippen LogP contribution >= 0.6 is 23.4 Å². The summed E-state index contributed by atoms with van der Waals surface area (Å²) in [4.78, 5) is 1.17. The molecule has 2 nitrogen and oxygen atoms in total. The van der Waals surface area contributed by atoms with Crippen LogP contribution in [-0.2, 0) is 11.3 Å². The number of halogens is 1. The fourth-order valence-electron chi connectivity index (χ4n) is 1.62. The Labute approximate surface area is 112 Å². The van der Waals surface area contributed by atoms with Crippen molar-refractivity contribution in [3.8, 4) is 0 Å². The van der Waals surface area contributed by atoms with E-state index in [1.807, 2.05) is 11.8 Å². The number of ether oxygens (including phenoxy) is 1. The van der Waals surface area contributed by atoms with Gasteiger partial charge in [-0.25, -0.2) is 0 Å². The first-order valence-corrected chi connectivity index (χ1v) is 7.29. The van der Waals surface area contributed by atoms with Crippen molar-refractivity contribution < 1.29 is 4.74 Å². The van der Waals surface area contributed by atoms with E-state index in [-0.39, 0.29) is 0 Å². The van der Waals surface area contributed by atoms with Crippen molar-refractivity contribution in [2.45, 2.75) is 30.0 Å². The zero-order valence-corrected chi connectivity index (χ0v) is 11.6. The third-order valence-corrected chi connectivity index (χ3v) is 4.29. The molecule has 0 bridgehead atoms. The topological polar surface area (TPSA) is 21.3 Å². The molecule has 17 heavy (non-hydrogen) atoms. The van der Waals surface area contributed by atoms with Crippen LogP contribution in [0.15, 0.2) is 23.1 Å². The lowest BCUT2D eigenvalue weighted by molar-refractivity contribution is 0.0455. The molecular formula is C13H18ClNOS. The molecule has 94 valence electrons. The molecule has 1 N–H and O–H groups in total. The summed E-state index contributed by atoms with van der Waals surface area (Å²) in [5.74, 6) is 0. The van der Waals surface area contributed by atoms with Crippen molar-refractivity contribution in [1.82, 2.24) is 5.32 Å². The lowest BCUT2D eigenvalue weighted by Gasteiger charge is -2.25. The maximum atomic E-state index is 6.28. The van der Waals surface area contributed by atoms with Gasteiger partial charge in [-0.1, -0.05) is 24.6 Å². The second-order valence-corrected chi connectivity index (χ2v) is 5.97. The van der Waals surface area contributed by atoms with Crippen LogP contribution in [-0.4, -0.2) is 25.0 Å². The van der Waals surface area contributed by atoms with Crippen LogP contribution in [0.4, 0.5) is 0 Å². The van der Waals surface area contributed by atoms with E-state index in [4.69, 9.17) is 16.3 Å². The molecule has 0 aliphatic carbocycles. The second kappa shape index (κ2) is 6.64. The minimum absolute atomic E-state index is 0.580. The van der Waals surface area contributed by atoms with Gasteiger partial charge in [-0.15, -0.1) is 11.8 Å². The van der Waals surface area contributed by atoms with Crippen LogP contribution < -0.4 is 5.32 Å². The summed E-state index contributed by atoms with van der Waals surface area (Å²) >= 11 is 8.09. The number of hydrogen-bond acceptors (Lipinski definition) is 3. The van der Waals surface area contributed by atoms with Crippen LogP contribution in [0.1, 0.15) is 18.9 Å². The van der Waals surface area contributed by atoms with Crippen molar-refractivity contribution in [1.29, 1.82) is 0 Å². The number of hydrogen-bond donors (Lipinski definition) is 1. The maximum absolute atomic E-state index is 6.28. The quantitative estimate of drug-likeness (QED) is 0.802. The summed E-state index contributed by atoms with van der Waals surface area (Å²) in [5, 5.41) is 4.81. The van der Waals surface area contributed by atoms with E-state index >= 15 is 0 Å². The highest BCUT2D eigenvalue weighted by Gasteiger charge is 2.20. The van der Waals surface area contributed by atoms with Gasteiger partial charge in [0.25, 0.3) is 0 Å². The molecule has 1 saturated heterocycles. The number of benzene rings is 1. The highest BCUT2D eigenvalue weighted by atomic mass is 35.5. The summed E-state index contributed by atoms with van der Waals surface area (Å²) in [7, 11) is 0. The van der Waals surface area contributed by atoms with Crippen molar-refractivity contribution >= 4 is 23.4 Å². The van der Waals surface area contributed by atoms with E-state index < -0.39 is 0 Å². The molecule has 1 aliphatic rings. The van der Waals surface area contributed by atoms with Gasteiger partial charge in [-0.2, -0.15) is 0 Å². The minimum atomic E-state index is 0.580. The Morgan fingerprint density at radius 2 is 2.29 bits per heavy atom. The third kappa shape index (κ3) is 3.88. The molecule has 1 aromatic rings. The van der Waals surface area contributed by atoms with Crippen LogP contribution in [0.5, 0.6) is 0 Å². The zero-order valence-electron chi connectivity index (χ0n) is 10.0. The first-order chi connectivity index (χ1) is 8.29. The van der Waals surface area contributed by atoms with Crippen molar-refractivity contribution in [2.75, 3.05) is 19.8 Å². The first kappa shape index (κ1) is 13.2. The molecule has 0 radical (unpaired) electrons. The fourth-order valence-corrected chi connectivity index (χ4v) is 2.96. The SMILES string of the molecule is CCCNCc1ccc(SC2COC2)c(Cl)c1. The summed E-state index contributed by atoms with van der Waals surface area (Å²) in [6, 6.07) is 6.33. The molecule has 1 heterocycles. The van der Waals surface area contributed by atoms with Gasteiger partial charge in [0.15, 0.2) is 0 Å². The third-order valence-electron chi connectivity index (χ3n) is 2.65. The van der Waals surface area contributed by atoms with Crippen LogP contribution in [0.25, 0.3) is 0 Å². The average molecular weight is 272 g/mol. The molecule has 0 aromatic heterocycles. The Balaban J connectivity index is 1.90. The molecule has 1 fully saturated rings. The number of thioether (sulfide) groups is 1. The molecule has 0 unspecified atom stereocenters. The highest BCUT2D eigenvalue weighted by molar-refractivity contribution is 8.00. The number of nitrogens with one attached hydrogen (secondary N) is 1. The van der Waals surface area contributed by atoms with Gasteiger partial charge in [-0.3, -0.25) is 0 Å². The predicted octanol–water partition coefficient (Wildman–Crippen LogP) is 3.33. The zero-order chi connectivity index (χ0) is 12.1. The Hall–Kier alpha value is -0.220. The van der Waals surface area contributed by atoms with E-state index in [0.29, 0.717) is 5.25 Å². The van der Waals surface area contributed by atoms with E-state index in [1.54, 1.807) is 0 Å². The lowest BCUT2D eigenvalue weighted by atomic mass is 10.2. The molecule has 0 atom stereocenters. The Kier molecular flexibility index (Phi) is 5.16. The van der Waals surface area contributed by atoms with E-state index in [9.17, 15) is 0 Å². The van der Waals surface area contributed by atoms with Gasteiger partial charge in [0.1, 0.15) is 0 Å². The predicted molar refractivity (Wildman–Crippen MR) is 73.9 cm³/mol. The summed E-state index contributed by atoms with van der Waals surface area (Å²) in [5.41, 5.74) is 1.25. The van der Waals surface area contributed by atoms with Crippen molar-refractivity contribution in [3.63, 3.8) is 0 Å². The largest absolute Gasteiger partial charge is 0.379 e. The van der Waals surface area contributed by atoms with Gasteiger partial charge in [0.05, 0.1) is 23.5 Å². The Morgan fingerprint density at radius 3 is 2.88 bits per heavy atom. The van der Waals surface area contributed by atoms with E-state index in [0.717, 1.165) is 37.7 Å². The minimum Gasteiger partial charge on any atom is -0.379 e. The van der Waals surface area contributed by atoms with Gasteiger partial charge in [-0.05, 0) is 30.7 Å². The molecule has 0 amide bonds. The van der Waals surface area contributed by atoms with Crippen LogP contribution in [0.2, 0.25) is 5.02 Å². The van der Waals surface area contributed by atoms with Gasteiger partial charge in [0, 0.05) is 11.4 Å². The fraction of sp³-hybridized carbons (Fsp3) is 0.538. The Morgan fingerprint density at radius 1 is 1.47 bits per heavy atom. The highest BCUT2D eigenvalue weighted by Crippen LogP contribution is 2.33. The summed E-state index contributed by atoms with van der Waals surface area (Å²) in [6.07, 6.45) is 1.16. The maximum Gasteiger partial charge on any atom is 0.0611 e. The number of rotatable bonds is 6. The molecule has 1 aliphatic heterocycles. The first-order valence-electron chi connectivity index (χ1n) is 6.03. The standard InChI is InChI=1S/C13H18ClNOS/c1-2-5-15-7-10-3-4-13(12(14)6-10)17-11-8-16-9-11/h3-4,6,11,15H,2,5,7-9H2,1H3. The van der Waals surface area contributed by atoms with Crippen molar-refractivity contribution in [2.24, 2.45) is 0 Å². The smallest absolute Gasteiger partial charge is 0.0611 e. The van der Waals surface area contributed by atoms with Crippen molar-refractivity contribution in [3.05, 3.63) is 28.8 Å². The van der Waals surface area contributed by atoms with Gasteiger partial charge >= 0.3 is 0 Å². The summed E-state index contributed by atoms with van der Waals surface area (Å²) in [6.45, 7) is 5.81. The monoisotopic (exact) mass is 271 g/mol. The summed E-state index contributed by atoms with van der Waals surface area (Å²) < 4.78 is 5.16. The average Bonchev–Trinajstić information content (AvgIpc) is 2.26. The van der Waals surface area contributed by atoms with E-state index in [2.05, 4.69) is 30.4 Å². The molecular weight excluding hydrogens is 254 g/mol. The molecule has 0 spiro atoms.